The fraction of sp³-hybridized carbons (Fsp3) is 0.167. The monoisotopic (exact) mass is 264 g/mol. The van der Waals surface area contributed by atoms with Crippen molar-refractivity contribution in [1.29, 1.82) is 0 Å². The summed E-state index contributed by atoms with van der Waals surface area (Å²) in [5, 5.41) is 0. The maximum absolute atomic E-state index is 12.3. The zero-order valence-corrected chi connectivity index (χ0v) is 11.6. The molecule has 0 amide bonds. The van der Waals surface area contributed by atoms with E-state index in [2.05, 4.69) is 0 Å². The van der Waals surface area contributed by atoms with Crippen molar-refractivity contribution in [2.75, 3.05) is 0 Å². The van der Waals surface area contributed by atoms with Crippen LogP contribution in [0, 0.1) is 0 Å². The van der Waals surface area contributed by atoms with E-state index in [0.29, 0.717) is 5.57 Å². The quantitative estimate of drug-likeness (QED) is 0.768. The number of esters is 1. The highest BCUT2D eigenvalue weighted by molar-refractivity contribution is 6.28. The Kier molecular flexibility index (Phi) is 2.94. The molecule has 1 aliphatic rings. The van der Waals surface area contributed by atoms with Gasteiger partial charge in [0.15, 0.2) is 0 Å². The number of benzene rings is 2. The van der Waals surface area contributed by atoms with Gasteiger partial charge in [0.05, 0.1) is 5.57 Å². The highest BCUT2D eigenvalue weighted by Crippen LogP contribution is 2.43. The molecule has 0 unspecified atom stereocenters. The maximum Gasteiger partial charge on any atom is 0.340 e. The number of rotatable bonds is 2. The van der Waals surface area contributed by atoms with Crippen molar-refractivity contribution in [2.24, 2.45) is 0 Å². The first-order valence-corrected chi connectivity index (χ1v) is 6.68. The summed E-state index contributed by atoms with van der Waals surface area (Å²) in [6.07, 6.45) is 0. The Balaban J connectivity index is 2.27. The van der Waals surface area contributed by atoms with Crippen molar-refractivity contribution in [3.05, 3.63) is 71.8 Å². The normalized spacial score (nSPS) is 17.2. The molecular weight excluding hydrogens is 248 g/mol. The van der Waals surface area contributed by atoms with Gasteiger partial charge in [0.2, 0.25) is 0 Å². The van der Waals surface area contributed by atoms with E-state index in [1.165, 1.54) is 0 Å². The second-order valence-electron chi connectivity index (χ2n) is 5.38. The van der Waals surface area contributed by atoms with Gasteiger partial charge in [-0.1, -0.05) is 60.7 Å². The van der Waals surface area contributed by atoms with Crippen LogP contribution in [-0.2, 0) is 9.53 Å². The second kappa shape index (κ2) is 4.64. The second-order valence-corrected chi connectivity index (χ2v) is 5.38. The highest BCUT2D eigenvalue weighted by atomic mass is 16.6. The van der Waals surface area contributed by atoms with Crippen LogP contribution in [0.3, 0.4) is 0 Å². The Morgan fingerprint density at radius 2 is 1.30 bits per heavy atom. The Hall–Kier alpha value is -2.35. The van der Waals surface area contributed by atoms with E-state index in [1.807, 2.05) is 74.5 Å². The number of ether oxygens (including phenoxy) is 1. The summed E-state index contributed by atoms with van der Waals surface area (Å²) in [5.74, 6) is -0.250. The summed E-state index contributed by atoms with van der Waals surface area (Å²) >= 11 is 0. The van der Waals surface area contributed by atoms with Gasteiger partial charge in [-0.2, -0.15) is 0 Å². The van der Waals surface area contributed by atoms with Gasteiger partial charge in [-0.3, -0.25) is 0 Å². The van der Waals surface area contributed by atoms with E-state index in [-0.39, 0.29) is 5.97 Å². The lowest BCUT2D eigenvalue weighted by Gasteiger charge is -2.21. The smallest absolute Gasteiger partial charge is 0.340 e. The van der Waals surface area contributed by atoms with Crippen molar-refractivity contribution in [1.82, 2.24) is 0 Å². The Morgan fingerprint density at radius 3 is 1.85 bits per heavy atom. The Labute approximate surface area is 118 Å². The largest absolute Gasteiger partial charge is 0.451 e. The first-order valence-electron chi connectivity index (χ1n) is 6.68. The molecule has 0 aromatic heterocycles. The third kappa shape index (κ3) is 2.03. The molecule has 0 radical (unpaired) electrons. The lowest BCUT2D eigenvalue weighted by Crippen LogP contribution is -2.22. The zero-order chi connectivity index (χ0) is 14.2. The minimum atomic E-state index is -0.608. The van der Waals surface area contributed by atoms with Gasteiger partial charge >= 0.3 is 5.97 Å². The van der Waals surface area contributed by atoms with Crippen molar-refractivity contribution in [3.63, 3.8) is 0 Å². The summed E-state index contributed by atoms with van der Waals surface area (Å²) in [5.41, 5.74) is 2.95. The third-order valence-corrected chi connectivity index (χ3v) is 3.53. The molecule has 0 spiro atoms. The van der Waals surface area contributed by atoms with Crippen LogP contribution in [0.1, 0.15) is 25.0 Å². The molecule has 100 valence electrons. The minimum absolute atomic E-state index is 0.250. The lowest BCUT2D eigenvalue weighted by atomic mass is 9.87. The highest BCUT2D eigenvalue weighted by Gasteiger charge is 2.41. The van der Waals surface area contributed by atoms with Crippen LogP contribution in [0.2, 0.25) is 0 Å². The predicted octanol–water partition coefficient (Wildman–Crippen LogP) is 3.93. The van der Waals surface area contributed by atoms with Crippen molar-refractivity contribution in [2.45, 2.75) is 19.4 Å². The SMILES string of the molecule is CC1(C)OC(=O)C(c2ccccc2)=C1c1ccccc1. The summed E-state index contributed by atoms with van der Waals surface area (Å²) in [6.45, 7) is 3.87. The molecule has 2 aromatic carbocycles. The van der Waals surface area contributed by atoms with Gasteiger partial charge in [-0.25, -0.2) is 4.79 Å². The Morgan fingerprint density at radius 1 is 0.800 bits per heavy atom. The van der Waals surface area contributed by atoms with E-state index >= 15 is 0 Å². The molecule has 2 heteroatoms. The summed E-state index contributed by atoms with van der Waals surface area (Å²) < 4.78 is 5.57. The van der Waals surface area contributed by atoms with Crippen LogP contribution in [0.25, 0.3) is 11.1 Å². The molecule has 0 aliphatic carbocycles. The number of carbonyl (C=O) groups is 1. The van der Waals surface area contributed by atoms with E-state index in [1.54, 1.807) is 0 Å². The van der Waals surface area contributed by atoms with Crippen molar-refractivity contribution < 1.29 is 9.53 Å². The van der Waals surface area contributed by atoms with Gasteiger partial charge in [-0.05, 0) is 25.0 Å². The molecule has 2 nitrogen and oxygen atoms in total. The van der Waals surface area contributed by atoms with Gasteiger partial charge in [0.25, 0.3) is 0 Å². The molecule has 1 aliphatic heterocycles. The van der Waals surface area contributed by atoms with Crippen LogP contribution in [0.4, 0.5) is 0 Å². The molecular formula is C18H16O2. The standard InChI is InChI=1S/C18H16O2/c1-18(2)16(14-11-7-4-8-12-14)15(17(19)20-18)13-9-5-3-6-10-13/h3-12H,1-2H3. The van der Waals surface area contributed by atoms with E-state index in [0.717, 1.165) is 16.7 Å². The fourth-order valence-corrected chi connectivity index (χ4v) is 2.70. The van der Waals surface area contributed by atoms with E-state index in [9.17, 15) is 4.79 Å². The lowest BCUT2D eigenvalue weighted by molar-refractivity contribution is -0.141. The first kappa shape index (κ1) is 12.7. The molecule has 0 saturated carbocycles. The topological polar surface area (TPSA) is 26.3 Å². The van der Waals surface area contributed by atoms with Crippen LogP contribution in [-0.4, -0.2) is 11.6 Å². The molecule has 0 atom stereocenters. The van der Waals surface area contributed by atoms with E-state index < -0.39 is 5.60 Å². The van der Waals surface area contributed by atoms with Crippen molar-refractivity contribution in [3.8, 4) is 0 Å². The number of hydrogen-bond acceptors (Lipinski definition) is 2. The molecule has 3 rings (SSSR count). The third-order valence-electron chi connectivity index (χ3n) is 3.53. The number of carbonyl (C=O) groups excluding carboxylic acids is 1. The zero-order valence-electron chi connectivity index (χ0n) is 11.6. The number of cyclic esters (lactones) is 1. The fourth-order valence-electron chi connectivity index (χ4n) is 2.70. The molecule has 0 saturated heterocycles. The van der Waals surface area contributed by atoms with E-state index in [4.69, 9.17) is 4.74 Å². The van der Waals surface area contributed by atoms with Gasteiger partial charge in [-0.15, -0.1) is 0 Å². The molecule has 2 aromatic rings. The van der Waals surface area contributed by atoms with Crippen LogP contribution in [0.5, 0.6) is 0 Å². The van der Waals surface area contributed by atoms with Gasteiger partial charge < -0.3 is 4.74 Å². The van der Waals surface area contributed by atoms with Crippen LogP contribution < -0.4 is 0 Å². The minimum Gasteiger partial charge on any atom is -0.451 e. The molecule has 20 heavy (non-hydrogen) atoms. The average molecular weight is 264 g/mol. The van der Waals surface area contributed by atoms with Gasteiger partial charge in [0, 0.05) is 5.57 Å². The molecule has 0 N–H and O–H groups in total. The molecule has 0 fully saturated rings. The summed E-state index contributed by atoms with van der Waals surface area (Å²) in [7, 11) is 0. The van der Waals surface area contributed by atoms with Gasteiger partial charge in [0.1, 0.15) is 5.60 Å². The summed E-state index contributed by atoms with van der Waals surface area (Å²) in [4.78, 5) is 12.3. The van der Waals surface area contributed by atoms with Crippen LogP contribution in [0.15, 0.2) is 60.7 Å². The average Bonchev–Trinajstić information content (AvgIpc) is 2.70. The predicted molar refractivity (Wildman–Crippen MR) is 79.9 cm³/mol. The van der Waals surface area contributed by atoms with Crippen LogP contribution >= 0.6 is 0 Å². The maximum atomic E-state index is 12.3. The molecule has 0 bridgehead atoms. The molecule has 1 heterocycles. The first-order chi connectivity index (χ1) is 9.59. The van der Waals surface area contributed by atoms with Crippen molar-refractivity contribution >= 4 is 17.1 Å². The summed E-state index contributed by atoms with van der Waals surface area (Å²) in [6, 6.07) is 19.7. The number of hydrogen-bond donors (Lipinski definition) is 0. The Bertz CT molecular complexity index is 667.